The van der Waals surface area contributed by atoms with Crippen molar-refractivity contribution in [1.82, 2.24) is 0 Å². The fraction of sp³-hybridized carbons (Fsp3) is 0.600. The van der Waals surface area contributed by atoms with Crippen molar-refractivity contribution >= 4 is 28.2 Å². The molecule has 1 aromatic rings. The first-order valence-electron chi connectivity index (χ1n) is 7.09. The van der Waals surface area contributed by atoms with E-state index < -0.39 is 0 Å². The first-order valence-corrected chi connectivity index (χ1v) is 7.91. The van der Waals surface area contributed by atoms with Gasteiger partial charge in [-0.15, -0.1) is 11.3 Å². The standard InChI is InChI=1S/C15H21NO3S/c1-5-10-9(4)20-14(12(10)15(18)19-6-2)16-13(17)11-7-8(11)3/h8,11H,5-7H2,1-4H3,(H,16,17)/t8-,11+/m0/s1. The molecule has 1 fully saturated rings. The van der Waals surface area contributed by atoms with Crippen LogP contribution in [0.1, 0.15) is 48.0 Å². The van der Waals surface area contributed by atoms with Crippen LogP contribution in [0.5, 0.6) is 0 Å². The predicted octanol–water partition coefficient (Wildman–Crippen LogP) is 3.39. The molecular weight excluding hydrogens is 274 g/mol. The molecule has 0 radical (unpaired) electrons. The van der Waals surface area contributed by atoms with Crippen molar-refractivity contribution < 1.29 is 14.3 Å². The molecule has 5 heteroatoms. The van der Waals surface area contributed by atoms with E-state index in [1.165, 1.54) is 11.3 Å². The van der Waals surface area contributed by atoms with Crippen LogP contribution in [-0.2, 0) is 16.0 Å². The maximum Gasteiger partial charge on any atom is 0.341 e. The van der Waals surface area contributed by atoms with Crippen LogP contribution in [0.3, 0.4) is 0 Å². The Morgan fingerprint density at radius 1 is 1.40 bits per heavy atom. The second-order valence-corrected chi connectivity index (χ2v) is 6.45. The molecule has 110 valence electrons. The highest BCUT2D eigenvalue weighted by Gasteiger charge is 2.39. The van der Waals surface area contributed by atoms with E-state index in [0.717, 1.165) is 23.3 Å². The van der Waals surface area contributed by atoms with E-state index in [0.29, 0.717) is 23.1 Å². The first kappa shape index (κ1) is 15.0. The van der Waals surface area contributed by atoms with Crippen LogP contribution < -0.4 is 5.32 Å². The van der Waals surface area contributed by atoms with Gasteiger partial charge >= 0.3 is 5.97 Å². The lowest BCUT2D eigenvalue weighted by Gasteiger charge is -2.07. The number of thiophene rings is 1. The summed E-state index contributed by atoms with van der Waals surface area (Å²) in [5.74, 6) is 0.227. The summed E-state index contributed by atoms with van der Waals surface area (Å²) in [6.07, 6.45) is 1.69. The van der Waals surface area contributed by atoms with Gasteiger partial charge in [0.05, 0.1) is 12.2 Å². The predicted molar refractivity (Wildman–Crippen MR) is 80.3 cm³/mol. The lowest BCUT2D eigenvalue weighted by Crippen LogP contribution is -2.17. The number of ether oxygens (including phenoxy) is 1. The Bertz CT molecular complexity index is 535. The summed E-state index contributed by atoms with van der Waals surface area (Å²) >= 11 is 1.46. The molecule has 0 aromatic carbocycles. The maximum atomic E-state index is 12.1. The van der Waals surface area contributed by atoms with E-state index in [2.05, 4.69) is 12.2 Å². The maximum absolute atomic E-state index is 12.1. The number of nitrogens with one attached hydrogen (secondary N) is 1. The summed E-state index contributed by atoms with van der Waals surface area (Å²) in [4.78, 5) is 25.3. The van der Waals surface area contributed by atoms with Crippen molar-refractivity contribution in [2.45, 2.75) is 40.5 Å². The summed E-state index contributed by atoms with van der Waals surface area (Å²) in [5, 5.41) is 3.56. The van der Waals surface area contributed by atoms with Gasteiger partial charge < -0.3 is 10.1 Å². The topological polar surface area (TPSA) is 55.4 Å². The van der Waals surface area contributed by atoms with Gasteiger partial charge in [0.2, 0.25) is 5.91 Å². The largest absolute Gasteiger partial charge is 0.462 e. The van der Waals surface area contributed by atoms with Crippen molar-refractivity contribution in [3.63, 3.8) is 0 Å². The van der Waals surface area contributed by atoms with Gasteiger partial charge in [-0.1, -0.05) is 13.8 Å². The first-order chi connectivity index (χ1) is 9.49. The smallest absolute Gasteiger partial charge is 0.341 e. The van der Waals surface area contributed by atoms with Crippen molar-refractivity contribution in [3.8, 4) is 0 Å². The summed E-state index contributed by atoms with van der Waals surface area (Å²) in [6.45, 7) is 8.17. The van der Waals surface area contributed by atoms with Crippen molar-refractivity contribution in [2.24, 2.45) is 11.8 Å². The molecule has 0 aliphatic heterocycles. The molecule has 2 atom stereocenters. The van der Waals surface area contributed by atoms with Gasteiger partial charge in [-0.05, 0) is 38.2 Å². The van der Waals surface area contributed by atoms with Gasteiger partial charge in [-0.25, -0.2) is 4.79 Å². The van der Waals surface area contributed by atoms with E-state index in [9.17, 15) is 9.59 Å². The molecule has 0 unspecified atom stereocenters. The van der Waals surface area contributed by atoms with Gasteiger partial charge in [0.15, 0.2) is 0 Å². The van der Waals surface area contributed by atoms with Crippen LogP contribution in [-0.4, -0.2) is 18.5 Å². The molecule has 1 aliphatic rings. The van der Waals surface area contributed by atoms with Crippen LogP contribution in [0.15, 0.2) is 0 Å². The minimum Gasteiger partial charge on any atom is -0.462 e. The number of amides is 1. The zero-order valence-corrected chi connectivity index (χ0v) is 13.2. The average molecular weight is 295 g/mol. The number of esters is 1. The molecule has 4 nitrogen and oxygen atoms in total. The number of anilines is 1. The summed E-state index contributed by atoms with van der Waals surface area (Å²) in [6, 6.07) is 0. The summed E-state index contributed by atoms with van der Waals surface area (Å²) in [7, 11) is 0. The highest BCUT2D eigenvalue weighted by atomic mass is 32.1. The third-order valence-corrected chi connectivity index (χ3v) is 4.79. The Kier molecular flexibility index (Phi) is 4.48. The van der Waals surface area contributed by atoms with Gasteiger partial charge in [0.25, 0.3) is 0 Å². The monoisotopic (exact) mass is 295 g/mol. The lowest BCUT2D eigenvalue weighted by molar-refractivity contribution is -0.117. The highest BCUT2D eigenvalue weighted by Crippen LogP contribution is 2.40. The second-order valence-electron chi connectivity index (χ2n) is 5.22. The van der Waals surface area contributed by atoms with Crippen LogP contribution in [0.25, 0.3) is 0 Å². The molecule has 20 heavy (non-hydrogen) atoms. The number of hydrogen-bond donors (Lipinski definition) is 1. The highest BCUT2D eigenvalue weighted by molar-refractivity contribution is 7.16. The third kappa shape index (κ3) is 2.87. The number of aryl methyl sites for hydroxylation is 1. The quantitative estimate of drug-likeness (QED) is 0.847. The fourth-order valence-electron chi connectivity index (χ4n) is 2.40. The molecule has 1 amide bonds. The van der Waals surface area contributed by atoms with E-state index in [1.54, 1.807) is 6.92 Å². The molecule has 0 spiro atoms. The molecular formula is C15H21NO3S. The van der Waals surface area contributed by atoms with Crippen LogP contribution >= 0.6 is 11.3 Å². The van der Waals surface area contributed by atoms with E-state index >= 15 is 0 Å². The van der Waals surface area contributed by atoms with E-state index in [4.69, 9.17) is 4.74 Å². The number of carbonyl (C=O) groups excluding carboxylic acids is 2. The SMILES string of the molecule is CCOC(=O)c1c(NC(=O)[C@@H]2C[C@@H]2C)sc(C)c1CC. The lowest BCUT2D eigenvalue weighted by atomic mass is 10.1. The summed E-state index contributed by atoms with van der Waals surface area (Å²) < 4.78 is 5.12. The normalized spacial score (nSPS) is 20.6. The Balaban J connectivity index is 2.27. The zero-order chi connectivity index (χ0) is 14.9. The molecule has 1 aromatic heterocycles. The summed E-state index contributed by atoms with van der Waals surface area (Å²) in [5.41, 5.74) is 1.52. The Morgan fingerprint density at radius 3 is 2.55 bits per heavy atom. The van der Waals surface area contributed by atoms with Crippen LogP contribution in [0, 0.1) is 18.8 Å². The molecule has 2 rings (SSSR count). The third-order valence-electron chi connectivity index (χ3n) is 3.73. The van der Waals surface area contributed by atoms with Gasteiger partial charge in [0, 0.05) is 10.8 Å². The fourth-order valence-corrected chi connectivity index (χ4v) is 3.54. The molecule has 1 N–H and O–H groups in total. The Hall–Kier alpha value is -1.36. The molecule has 0 bridgehead atoms. The second kappa shape index (κ2) is 5.95. The number of rotatable bonds is 5. The Morgan fingerprint density at radius 2 is 2.05 bits per heavy atom. The van der Waals surface area contributed by atoms with Crippen molar-refractivity contribution in [2.75, 3.05) is 11.9 Å². The molecule has 1 heterocycles. The molecule has 1 saturated carbocycles. The van der Waals surface area contributed by atoms with E-state index in [1.807, 2.05) is 13.8 Å². The number of carbonyl (C=O) groups is 2. The number of hydrogen-bond acceptors (Lipinski definition) is 4. The van der Waals surface area contributed by atoms with Gasteiger partial charge in [0.1, 0.15) is 5.00 Å². The van der Waals surface area contributed by atoms with Crippen molar-refractivity contribution in [3.05, 3.63) is 16.0 Å². The van der Waals surface area contributed by atoms with Crippen molar-refractivity contribution in [1.29, 1.82) is 0 Å². The molecule has 0 saturated heterocycles. The minimum atomic E-state index is -0.340. The van der Waals surface area contributed by atoms with Crippen LogP contribution in [0.4, 0.5) is 5.00 Å². The van der Waals surface area contributed by atoms with E-state index in [-0.39, 0.29) is 17.8 Å². The van der Waals surface area contributed by atoms with Crippen LogP contribution in [0.2, 0.25) is 0 Å². The minimum absolute atomic E-state index is 0.0203. The van der Waals surface area contributed by atoms with Gasteiger partial charge in [-0.3, -0.25) is 4.79 Å². The zero-order valence-electron chi connectivity index (χ0n) is 12.4. The molecule has 1 aliphatic carbocycles. The average Bonchev–Trinajstić information content (AvgIpc) is 3.03. The Labute approximate surface area is 123 Å². The van der Waals surface area contributed by atoms with Gasteiger partial charge in [-0.2, -0.15) is 0 Å².